The number of hydrogen-bond acceptors (Lipinski definition) is 11. The molecule has 294 valence electrons. The molecule has 0 atom stereocenters. The highest BCUT2D eigenvalue weighted by molar-refractivity contribution is 7.99. The number of aromatic hydroxyl groups is 1. The number of hydrazine groups is 1. The Labute approximate surface area is 315 Å². The second-order valence-electron chi connectivity index (χ2n) is 11.7. The number of hydrogen-bond donors (Lipinski definition) is 4. The predicted octanol–water partition coefficient (Wildman–Crippen LogP) is 5.25. The van der Waals surface area contributed by atoms with Gasteiger partial charge in [-0.3, -0.25) is 14.6 Å². The van der Waals surface area contributed by atoms with Gasteiger partial charge in [0, 0.05) is 53.6 Å². The summed E-state index contributed by atoms with van der Waals surface area (Å²) in [6.07, 6.45) is 1.05. The van der Waals surface area contributed by atoms with Crippen LogP contribution in [0.15, 0.2) is 77.8 Å². The Kier molecular flexibility index (Phi) is 20.2. The number of rotatable bonds is 10. The van der Waals surface area contributed by atoms with Gasteiger partial charge in [0.05, 0.1) is 41.4 Å². The molecule has 1 fully saturated rings. The minimum Gasteiger partial charge on any atom is -0.508 e. The molecule has 0 bridgehead atoms. The third-order valence-corrected chi connectivity index (χ3v) is 8.50. The zero-order chi connectivity index (χ0) is 40.3. The molecule has 0 saturated carbocycles. The number of piperazine rings is 1. The first-order valence-corrected chi connectivity index (χ1v) is 18.0. The summed E-state index contributed by atoms with van der Waals surface area (Å²) in [6.45, 7) is 13.3. The Morgan fingerprint density at radius 1 is 1.04 bits per heavy atom. The SMILES string of the molecule is C=C(C1=CCOCC1)N(C)N/C(CC)=C(\C(=O)N(C)C)N1CCN(C(=O)c2ccccc2NSC)CC1.C=O.CN.Cc1ccc(C(F)(F)F)cc1O. The molecule has 2 aromatic rings. The van der Waals surface area contributed by atoms with E-state index in [9.17, 15) is 22.8 Å². The van der Waals surface area contributed by atoms with Crippen molar-refractivity contribution in [1.29, 1.82) is 0 Å². The standard InChI is InChI=1S/C27H40N6O3S.C8H7F3O.CH5N.CH2O/c1-7-23(28-31(5)20(2)21-12-18-36-19-13-21)25(27(35)30(3)4)32-14-16-33(17-15-32)26(34)22-10-8-9-11-24(22)29-37-6;1-5-2-3-6(4-7(5)12)8(9,10)11;2*1-2/h8-12,28-29H,2,7,13-19H2,1,3-6H3;2-4,12H,1H3;2H2,1H3;1H2/b25-23+;;;. The summed E-state index contributed by atoms with van der Waals surface area (Å²) in [5.41, 5.74) is 12.5. The molecular formula is C37H54F3N7O5S. The molecule has 16 heteroatoms. The van der Waals surface area contributed by atoms with Gasteiger partial charge in [-0.2, -0.15) is 13.2 Å². The summed E-state index contributed by atoms with van der Waals surface area (Å²) < 4.78 is 44.6. The van der Waals surface area contributed by atoms with E-state index in [1.165, 1.54) is 32.0 Å². The van der Waals surface area contributed by atoms with Gasteiger partial charge in [-0.15, -0.1) is 0 Å². The van der Waals surface area contributed by atoms with Gasteiger partial charge in [-0.1, -0.05) is 49.7 Å². The van der Waals surface area contributed by atoms with Gasteiger partial charge in [-0.05, 0) is 62.2 Å². The first-order valence-electron chi connectivity index (χ1n) is 16.8. The van der Waals surface area contributed by atoms with Gasteiger partial charge in [0.25, 0.3) is 11.8 Å². The monoisotopic (exact) mass is 765 g/mol. The number of aryl methyl sites for hydroxylation is 1. The quantitative estimate of drug-likeness (QED) is 0.143. The van der Waals surface area contributed by atoms with Crippen molar-refractivity contribution in [3.63, 3.8) is 0 Å². The van der Waals surface area contributed by atoms with Crippen LogP contribution in [0.4, 0.5) is 18.9 Å². The van der Waals surface area contributed by atoms with Crippen LogP contribution in [0.5, 0.6) is 5.75 Å². The second-order valence-corrected chi connectivity index (χ2v) is 12.3. The van der Waals surface area contributed by atoms with E-state index >= 15 is 0 Å². The van der Waals surface area contributed by atoms with E-state index in [0.717, 1.165) is 41.2 Å². The van der Waals surface area contributed by atoms with Crippen LogP contribution >= 0.6 is 11.9 Å². The number of alkyl halides is 3. The number of likely N-dealkylation sites (N-methyl/N-ethyl adjacent to an activating group) is 2. The minimum atomic E-state index is -4.38. The lowest BCUT2D eigenvalue weighted by Crippen LogP contribution is -2.51. The predicted molar refractivity (Wildman–Crippen MR) is 206 cm³/mol. The lowest BCUT2D eigenvalue weighted by atomic mass is 10.1. The normalized spacial score (nSPS) is 14.3. The van der Waals surface area contributed by atoms with Crippen LogP contribution in [0.1, 0.15) is 41.3 Å². The smallest absolute Gasteiger partial charge is 0.416 e. The number of nitrogens with one attached hydrogen (secondary N) is 2. The number of phenolic OH excluding ortho intramolecular Hbond substituents is 1. The highest BCUT2D eigenvalue weighted by atomic mass is 32.2. The lowest BCUT2D eigenvalue weighted by Gasteiger charge is -2.39. The van der Waals surface area contributed by atoms with Crippen molar-refractivity contribution in [3.05, 3.63) is 94.5 Å². The van der Waals surface area contributed by atoms with Crippen LogP contribution in [-0.2, 0) is 20.5 Å². The number of carbonyl (C=O) groups is 3. The molecule has 0 aromatic heterocycles. The van der Waals surface area contributed by atoms with Crippen molar-refractivity contribution in [2.45, 2.75) is 32.9 Å². The van der Waals surface area contributed by atoms with Gasteiger partial charge in [-0.25, -0.2) is 0 Å². The molecule has 1 saturated heterocycles. The maximum absolute atomic E-state index is 13.4. The van der Waals surface area contributed by atoms with Crippen LogP contribution in [0.3, 0.4) is 0 Å². The number of nitrogens with two attached hydrogens (primary N) is 1. The Hall–Kier alpha value is -4.67. The third kappa shape index (κ3) is 13.7. The summed E-state index contributed by atoms with van der Waals surface area (Å²) >= 11 is 1.46. The average molecular weight is 766 g/mol. The molecule has 2 aliphatic heterocycles. The molecule has 2 heterocycles. The fraction of sp³-hybridized carbons (Fsp3) is 0.432. The lowest BCUT2D eigenvalue weighted by molar-refractivity contribution is -0.137. The van der Waals surface area contributed by atoms with Crippen molar-refractivity contribution >= 4 is 36.2 Å². The number of carbonyl (C=O) groups excluding carboxylic acids is 3. The zero-order valence-electron chi connectivity index (χ0n) is 31.7. The number of para-hydroxylation sites is 1. The Balaban J connectivity index is 0.000000734. The minimum absolute atomic E-state index is 0.00382. The molecule has 12 nitrogen and oxygen atoms in total. The fourth-order valence-corrected chi connectivity index (χ4v) is 5.60. The van der Waals surface area contributed by atoms with Crippen molar-refractivity contribution in [2.24, 2.45) is 5.73 Å². The molecule has 4 rings (SSSR count). The van der Waals surface area contributed by atoms with E-state index in [4.69, 9.17) is 14.6 Å². The van der Waals surface area contributed by atoms with Crippen molar-refractivity contribution in [3.8, 4) is 5.75 Å². The molecular weight excluding hydrogens is 712 g/mol. The maximum Gasteiger partial charge on any atom is 0.416 e. The summed E-state index contributed by atoms with van der Waals surface area (Å²) in [5, 5.41) is 10.8. The van der Waals surface area contributed by atoms with Crippen LogP contribution in [0, 0.1) is 6.92 Å². The first-order chi connectivity index (χ1) is 25.2. The van der Waals surface area contributed by atoms with Crippen LogP contribution < -0.4 is 15.9 Å². The Bertz CT molecular complexity index is 1560. The molecule has 2 aromatic carbocycles. The molecule has 53 heavy (non-hydrogen) atoms. The summed E-state index contributed by atoms with van der Waals surface area (Å²) in [6, 6.07) is 10.5. The molecule has 0 radical (unpaired) electrons. The number of benzene rings is 2. The topological polar surface area (TPSA) is 144 Å². The van der Waals surface area contributed by atoms with Gasteiger partial charge in [0.2, 0.25) is 0 Å². The number of allylic oxidation sites excluding steroid dienone is 2. The van der Waals surface area contributed by atoms with E-state index in [2.05, 4.69) is 27.4 Å². The summed E-state index contributed by atoms with van der Waals surface area (Å²) in [5.74, 6) is -0.399. The van der Waals surface area contributed by atoms with Gasteiger partial charge < -0.3 is 45.2 Å². The number of ether oxygens (including phenoxy) is 1. The number of halogens is 3. The van der Waals surface area contributed by atoms with E-state index in [-0.39, 0.29) is 17.6 Å². The summed E-state index contributed by atoms with van der Waals surface area (Å²) in [7, 11) is 6.95. The second kappa shape index (κ2) is 23.1. The Morgan fingerprint density at radius 2 is 1.64 bits per heavy atom. The van der Waals surface area contributed by atoms with Gasteiger partial charge in [0.15, 0.2) is 0 Å². The van der Waals surface area contributed by atoms with E-state index in [1.54, 1.807) is 19.0 Å². The molecule has 2 amide bonds. The third-order valence-electron chi connectivity index (χ3n) is 8.08. The molecule has 0 aliphatic carbocycles. The fourth-order valence-electron chi connectivity index (χ4n) is 5.20. The maximum atomic E-state index is 13.4. The van der Waals surface area contributed by atoms with E-state index < -0.39 is 11.7 Å². The van der Waals surface area contributed by atoms with Crippen molar-refractivity contribution < 1.29 is 37.4 Å². The molecule has 2 aliphatic rings. The van der Waals surface area contributed by atoms with Crippen molar-refractivity contribution in [1.82, 2.24) is 25.1 Å². The highest BCUT2D eigenvalue weighted by Crippen LogP contribution is 2.32. The molecule has 5 N–H and O–H groups in total. The van der Waals surface area contributed by atoms with Crippen LogP contribution in [0.2, 0.25) is 0 Å². The van der Waals surface area contributed by atoms with Gasteiger partial charge in [0.1, 0.15) is 18.2 Å². The first kappa shape index (κ1) is 46.4. The summed E-state index contributed by atoms with van der Waals surface area (Å²) in [4.78, 5) is 40.2. The number of phenols is 1. The van der Waals surface area contributed by atoms with Crippen LogP contribution in [0.25, 0.3) is 0 Å². The van der Waals surface area contributed by atoms with E-state index in [1.807, 2.05) is 67.3 Å². The van der Waals surface area contributed by atoms with Crippen molar-refractivity contribution in [2.75, 3.05) is 78.6 Å². The number of nitrogens with zero attached hydrogens (tertiary/aromatic N) is 4. The average Bonchev–Trinajstić information content (AvgIpc) is 3.17. The zero-order valence-corrected chi connectivity index (χ0v) is 32.5. The highest BCUT2D eigenvalue weighted by Gasteiger charge is 2.31. The van der Waals surface area contributed by atoms with Crippen LogP contribution in [-0.4, -0.2) is 117 Å². The molecule has 0 spiro atoms. The number of amides is 2. The van der Waals surface area contributed by atoms with E-state index in [0.29, 0.717) is 62.6 Å². The Morgan fingerprint density at radius 3 is 2.15 bits per heavy atom. The molecule has 0 unspecified atom stereocenters. The van der Waals surface area contributed by atoms with Gasteiger partial charge >= 0.3 is 6.18 Å². The number of anilines is 1. The largest absolute Gasteiger partial charge is 0.508 e.